The Balaban J connectivity index is 1.42. The van der Waals surface area contributed by atoms with Gasteiger partial charge in [0.2, 0.25) is 0 Å². The number of hydrogen-bond acceptors (Lipinski definition) is 6. The second-order valence-electron chi connectivity index (χ2n) is 10.0. The van der Waals surface area contributed by atoms with Gasteiger partial charge in [0.25, 0.3) is 0 Å². The molecular weight excluding hydrogens is 516 g/mol. The van der Waals surface area contributed by atoms with Gasteiger partial charge in [-0.2, -0.15) is 0 Å². The summed E-state index contributed by atoms with van der Waals surface area (Å²) in [6.45, 7) is 0.747. The molecule has 0 bridgehead atoms. The smallest absolute Gasteiger partial charge is 0.115 e. The van der Waals surface area contributed by atoms with Crippen LogP contribution in [0.2, 0.25) is 0 Å². The Bertz CT molecular complexity index is 1310. The van der Waals surface area contributed by atoms with E-state index in [-0.39, 0.29) is 19.8 Å². The molecule has 1 N–H and O–H groups in total. The molecule has 0 amide bonds. The Hall–Kier alpha value is -3.36. The van der Waals surface area contributed by atoms with E-state index in [0.717, 1.165) is 22.3 Å². The Morgan fingerprint density at radius 1 is 0.537 bits per heavy atom. The molecule has 41 heavy (non-hydrogen) atoms. The van der Waals surface area contributed by atoms with Crippen LogP contribution in [0.4, 0.5) is 0 Å². The van der Waals surface area contributed by atoms with Crippen LogP contribution < -0.4 is 0 Å². The molecule has 4 aromatic carbocycles. The van der Waals surface area contributed by atoms with Crippen molar-refractivity contribution in [2.75, 3.05) is 13.2 Å². The van der Waals surface area contributed by atoms with E-state index in [2.05, 4.69) is 0 Å². The third kappa shape index (κ3) is 8.57. The monoisotopic (exact) mass is 555 g/mol. The van der Waals surface area contributed by atoms with E-state index in [9.17, 15) is 6.48 Å². The second-order valence-corrected chi connectivity index (χ2v) is 10.0. The summed E-state index contributed by atoms with van der Waals surface area (Å²) >= 11 is 0. The molecule has 0 aromatic heterocycles. The molecule has 1 saturated heterocycles. The first-order chi connectivity index (χ1) is 20.6. The highest BCUT2D eigenvalue weighted by Gasteiger charge is 2.48. The molecular formula is C35H38O6. The summed E-state index contributed by atoms with van der Waals surface area (Å²) in [5, 5.41) is 10.5. The third-order valence-corrected chi connectivity index (χ3v) is 7.00. The molecule has 5 rings (SSSR count). The predicted octanol–water partition coefficient (Wildman–Crippen LogP) is 5.72. The minimum Gasteiger partial charge on any atom is -0.394 e. The van der Waals surface area contributed by atoms with Gasteiger partial charge in [-0.25, -0.2) is 0 Å². The quantitative estimate of drug-likeness (QED) is 0.215. The first-order valence-electron chi connectivity index (χ1n) is 14.5. The fourth-order valence-electron chi connectivity index (χ4n) is 4.88. The van der Waals surface area contributed by atoms with Crippen molar-refractivity contribution in [3.8, 4) is 0 Å². The van der Waals surface area contributed by atoms with Gasteiger partial charge in [0.1, 0.15) is 30.5 Å². The number of aliphatic hydroxyl groups is 1. The largest absolute Gasteiger partial charge is 0.394 e. The first-order valence-corrected chi connectivity index (χ1v) is 14.0. The molecule has 1 heterocycles. The highest BCUT2D eigenvalue weighted by molar-refractivity contribution is 5.16. The molecule has 0 saturated carbocycles. The van der Waals surface area contributed by atoms with E-state index in [1.54, 1.807) is 0 Å². The molecule has 6 nitrogen and oxygen atoms in total. The highest BCUT2D eigenvalue weighted by Crippen LogP contribution is 2.31. The van der Waals surface area contributed by atoms with Gasteiger partial charge in [-0.15, -0.1) is 0 Å². The maximum atomic E-state index is 10.5. The molecule has 0 radical (unpaired) electrons. The fraction of sp³-hybridized carbons (Fsp3) is 0.314. The van der Waals surface area contributed by atoms with E-state index >= 15 is 0 Å². The zero-order valence-corrected chi connectivity index (χ0v) is 23.1. The lowest BCUT2D eigenvalue weighted by atomic mass is 9.94. The normalized spacial score (nSPS) is 24.6. The van der Waals surface area contributed by atoms with Crippen LogP contribution in [0.15, 0.2) is 121 Å². The van der Waals surface area contributed by atoms with Crippen LogP contribution in [0.25, 0.3) is 0 Å². The van der Waals surface area contributed by atoms with Crippen LogP contribution in [0.1, 0.15) is 23.6 Å². The Labute approximate surface area is 243 Å². The first kappa shape index (κ1) is 27.8. The lowest BCUT2D eigenvalue weighted by Gasteiger charge is -2.46. The summed E-state index contributed by atoms with van der Waals surface area (Å²) < 4.78 is 41.1. The van der Waals surface area contributed by atoms with Crippen molar-refractivity contribution in [3.05, 3.63) is 144 Å². The summed E-state index contributed by atoms with van der Waals surface area (Å²) in [7, 11) is 0. The van der Waals surface area contributed by atoms with Crippen LogP contribution in [-0.4, -0.2) is 48.8 Å². The van der Waals surface area contributed by atoms with Crippen LogP contribution in [0, 0.1) is 0 Å². The van der Waals surface area contributed by atoms with Crippen LogP contribution in [0.5, 0.6) is 0 Å². The molecule has 1 aliphatic rings. The van der Waals surface area contributed by atoms with Gasteiger partial charge < -0.3 is 28.8 Å². The lowest BCUT2D eigenvalue weighted by Crippen LogP contribution is -2.62. The van der Waals surface area contributed by atoms with E-state index in [1.165, 1.54) is 0 Å². The van der Waals surface area contributed by atoms with Crippen molar-refractivity contribution in [3.63, 3.8) is 0 Å². The summed E-state index contributed by atoms with van der Waals surface area (Å²) in [5.74, 6) is 0. The Morgan fingerprint density at radius 3 is 1.37 bits per heavy atom. The van der Waals surface area contributed by atoms with Crippen molar-refractivity contribution in [2.45, 2.75) is 56.9 Å². The van der Waals surface area contributed by atoms with Crippen molar-refractivity contribution in [1.82, 2.24) is 0 Å². The molecule has 6 heteroatoms. The number of ether oxygens (including phenoxy) is 5. The summed E-state index contributed by atoms with van der Waals surface area (Å²) in [5.41, 5.74) is 3.93. The molecule has 0 spiro atoms. The molecule has 0 unspecified atom stereocenters. The molecule has 1 aliphatic heterocycles. The maximum Gasteiger partial charge on any atom is 0.115 e. The lowest BCUT2D eigenvalue weighted by molar-refractivity contribution is -0.277. The van der Waals surface area contributed by atoms with E-state index in [1.807, 2.05) is 121 Å². The Morgan fingerprint density at radius 2 is 0.927 bits per heavy atom. The average molecular weight is 556 g/mol. The molecule has 1 fully saturated rings. The zero-order valence-electron chi connectivity index (χ0n) is 24.1. The van der Waals surface area contributed by atoms with Gasteiger partial charge >= 0.3 is 0 Å². The van der Waals surface area contributed by atoms with Crippen LogP contribution >= 0.6 is 0 Å². The van der Waals surface area contributed by atoms with Crippen molar-refractivity contribution in [1.29, 1.82) is 0 Å². The third-order valence-electron chi connectivity index (χ3n) is 7.00. The van der Waals surface area contributed by atoms with Crippen molar-refractivity contribution >= 4 is 0 Å². The number of aliphatic hydroxyl groups excluding tert-OH is 1. The molecule has 0 aliphatic carbocycles. The fourth-order valence-corrected chi connectivity index (χ4v) is 4.88. The molecule has 214 valence electrons. The standard InChI is InChI=1S/C35H38O6/c36-21-31-33(38-23-28-15-7-2-8-16-28)35(40-25-30-19-11-4-12-20-30)34(39-24-29-17-9-3-10-18-29)32(41-31)26-37-22-27-13-5-1-6-14-27/h1-20,31-36H,21-26H2/t31-,32+,33-,34+,35+/m0/s1/i31D. The molecule has 4 aromatic rings. The van der Waals surface area contributed by atoms with Gasteiger partial charge in [-0.3, -0.25) is 0 Å². The summed E-state index contributed by atoms with van der Waals surface area (Å²) in [6.07, 6.45) is -4.82. The van der Waals surface area contributed by atoms with E-state index < -0.39 is 37.1 Å². The van der Waals surface area contributed by atoms with Crippen molar-refractivity contribution in [2.24, 2.45) is 0 Å². The van der Waals surface area contributed by atoms with Crippen LogP contribution in [-0.2, 0) is 50.1 Å². The summed E-state index contributed by atoms with van der Waals surface area (Å²) in [4.78, 5) is 0. The minimum atomic E-state index is -1.80. The number of hydrogen-bond donors (Lipinski definition) is 1. The average Bonchev–Trinajstić information content (AvgIpc) is 3.05. The predicted molar refractivity (Wildman–Crippen MR) is 157 cm³/mol. The van der Waals surface area contributed by atoms with E-state index in [0.29, 0.717) is 13.2 Å². The van der Waals surface area contributed by atoms with Crippen molar-refractivity contribution < 1.29 is 30.2 Å². The number of benzene rings is 4. The zero-order chi connectivity index (χ0) is 29.0. The van der Waals surface area contributed by atoms with Crippen LogP contribution in [0.3, 0.4) is 0 Å². The SMILES string of the molecule is [2H][C@@]1(CO)O[C@H](COCc2ccccc2)[C@@H](OCc2ccccc2)[C@H](OCc2ccccc2)[C@H]1OCc1ccccc1. The van der Waals surface area contributed by atoms with Gasteiger partial charge in [0.15, 0.2) is 0 Å². The molecule has 5 atom stereocenters. The highest BCUT2D eigenvalue weighted by atomic mass is 16.6. The van der Waals surface area contributed by atoms with E-state index in [4.69, 9.17) is 23.7 Å². The minimum absolute atomic E-state index is 0.144. The maximum absolute atomic E-state index is 10.5. The van der Waals surface area contributed by atoms with Gasteiger partial charge in [-0.05, 0) is 22.3 Å². The second kappa shape index (κ2) is 15.6. The summed E-state index contributed by atoms with van der Waals surface area (Å²) in [6, 6.07) is 39.3. The van der Waals surface area contributed by atoms with Gasteiger partial charge in [-0.1, -0.05) is 121 Å². The Kier molecular flexibility index (Phi) is 10.6. The van der Waals surface area contributed by atoms with Gasteiger partial charge in [0.05, 0.1) is 41.0 Å². The van der Waals surface area contributed by atoms with Gasteiger partial charge in [0, 0.05) is 0 Å². The number of rotatable bonds is 14. The topological polar surface area (TPSA) is 66.4 Å².